The Kier molecular flexibility index (Phi) is 4.03. The Morgan fingerprint density at radius 2 is 2.16 bits per heavy atom. The highest BCUT2D eigenvalue weighted by molar-refractivity contribution is 9.11. The van der Waals surface area contributed by atoms with Crippen LogP contribution < -0.4 is 4.72 Å². The van der Waals surface area contributed by atoms with Crippen LogP contribution in [0.3, 0.4) is 0 Å². The molecule has 6 nitrogen and oxygen atoms in total. The third kappa shape index (κ3) is 3.16. The molecular formula is C10H12BrNO5S2. The summed E-state index contributed by atoms with van der Waals surface area (Å²) in [6.45, 7) is -0.0555. The fraction of sp³-hybridized carbons (Fsp3) is 0.500. The smallest absolute Gasteiger partial charge is 0.345 e. The summed E-state index contributed by atoms with van der Waals surface area (Å²) in [5.41, 5.74) is -0.967. The Hall–Kier alpha value is -0.480. The van der Waals surface area contributed by atoms with Gasteiger partial charge in [-0.15, -0.1) is 11.3 Å². The van der Waals surface area contributed by atoms with Crippen molar-refractivity contribution in [2.45, 2.75) is 29.8 Å². The first-order chi connectivity index (χ1) is 8.73. The summed E-state index contributed by atoms with van der Waals surface area (Å²) < 4.78 is 26.6. The second-order valence-corrected chi connectivity index (χ2v) is 8.56. The lowest BCUT2D eigenvalue weighted by atomic mass is 9.81. The van der Waals surface area contributed by atoms with Gasteiger partial charge in [-0.3, -0.25) is 0 Å². The summed E-state index contributed by atoms with van der Waals surface area (Å²) in [4.78, 5) is 10.6. The Bertz CT molecular complexity index is 605. The number of carboxylic acids is 1. The summed E-state index contributed by atoms with van der Waals surface area (Å²) in [6.07, 6.45) is 2.02. The van der Waals surface area contributed by atoms with Crippen LogP contribution in [0.1, 0.15) is 28.9 Å². The summed E-state index contributed by atoms with van der Waals surface area (Å²) in [6, 6.07) is 1.10. The fourth-order valence-electron chi connectivity index (χ4n) is 1.71. The van der Waals surface area contributed by atoms with Crippen LogP contribution in [0.15, 0.2) is 14.7 Å². The maximum atomic E-state index is 12.0. The molecule has 9 heteroatoms. The van der Waals surface area contributed by atoms with E-state index >= 15 is 0 Å². The number of aliphatic hydroxyl groups is 1. The zero-order chi connectivity index (χ0) is 14.3. The van der Waals surface area contributed by atoms with Crippen LogP contribution in [-0.2, 0) is 10.0 Å². The summed E-state index contributed by atoms with van der Waals surface area (Å²) in [5, 5.41) is 18.7. The van der Waals surface area contributed by atoms with Gasteiger partial charge in [-0.1, -0.05) is 0 Å². The van der Waals surface area contributed by atoms with Crippen molar-refractivity contribution in [1.29, 1.82) is 0 Å². The number of nitrogens with one attached hydrogen (secondary N) is 1. The minimum absolute atomic E-state index is 0.0555. The van der Waals surface area contributed by atoms with Gasteiger partial charge in [0.2, 0.25) is 10.0 Å². The largest absolute Gasteiger partial charge is 0.477 e. The van der Waals surface area contributed by atoms with Crippen molar-refractivity contribution in [2.75, 3.05) is 6.54 Å². The summed E-state index contributed by atoms with van der Waals surface area (Å²) >= 11 is 3.88. The third-order valence-electron chi connectivity index (χ3n) is 3.03. The molecule has 1 aliphatic carbocycles. The first-order valence-corrected chi connectivity index (χ1v) is 8.57. The fourth-order valence-corrected chi connectivity index (χ4v) is 5.23. The van der Waals surface area contributed by atoms with Crippen LogP contribution >= 0.6 is 27.3 Å². The van der Waals surface area contributed by atoms with Gasteiger partial charge in [0.05, 0.1) is 9.39 Å². The van der Waals surface area contributed by atoms with Crippen LogP contribution in [0.4, 0.5) is 0 Å². The van der Waals surface area contributed by atoms with Crippen LogP contribution in [0.2, 0.25) is 0 Å². The monoisotopic (exact) mass is 369 g/mol. The number of halogens is 1. The van der Waals surface area contributed by atoms with Gasteiger partial charge >= 0.3 is 5.97 Å². The van der Waals surface area contributed by atoms with Crippen LogP contribution in [0, 0.1) is 0 Å². The topological polar surface area (TPSA) is 104 Å². The Morgan fingerprint density at radius 1 is 1.53 bits per heavy atom. The number of carbonyl (C=O) groups is 1. The molecule has 1 fully saturated rings. The van der Waals surface area contributed by atoms with E-state index in [1.54, 1.807) is 0 Å². The van der Waals surface area contributed by atoms with E-state index in [9.17, 15) is 18.3 Å². The molecule has 0 aliphatic heterocycles. The van der Waals surface area contributed by atoms with E-state index < -0.39 is 21.6 Å². The molecule has 1 aromatic rings. The molecule has 19 heavy (non-hydrogen) atoms. The molecule has 1 aromatic heterocycles. The van der Waals surface area contributed by atoms with Crippen LogP contribution in [0.5, 0.6) is 0 Å². The van der Waals surface area contributed by atoms with E-state index in [-0.39, 0.29) is 20.1 Å². The van der Waals surface area contributed by atoms with E-state index in [0.29, 0.717) is 12.8 Å². The quantitative estimate of drug-likeness (QED) is 0.727. The van der Waals surface area contributed by atoms with Crippen molar-refractivity contribution in [1.82, 2.24) is 4.72 Å². The normalized spacial score (nSPS) is 18.0. The first-order valence-electron chi connectivity index (χ1n) is 5.48. The Labute approximate surface area is 122 Å². The SMILES string of the molecule is O=C(O)c1cc(S(=O)(=O)NCC2(O)CCC2)c(Br)s1. The van der Waals surface area contributed by atoms with E-state index in [1.165, 1.54) is 0 Å². The van der Waals surface area contributed by atoms with Gasteiger partial charge in [-0.25, -0.2) is 17.9 Å². The second-order valence-electron chi connectivity index (χ2n) is 4.46. The number of rotatable bonds is 5. The van der Waals surface area contributed by atoms with Gasteiger partial charge in [0.15, 0.2) is 0 Å². The zero-order valence-corrected chi connectivity index (χ0v) is 12.9. The van der Waals surface area contributed by atoms with Crippen molar-refractivity contribution in [3.63, 3.8) is 0 Å². The standard InChI is InChI=1S/C10H12BrNO5S2/c11-8-7(4-6(18-8)9(13)14)19(16,17)12-5-10(15)2-1-3-10/h4,12,15H,1-3,5H2,(H,13,14). The lowest BCUT2D eigenvalue weighted by molar-refractivity contribution is -0.0271. The van der Waals surface area contributed by atoms with E-state index in [0.717, 1.165) is 23.8 Å². The molecule has 0 unspecified atom stereocenters. The molecule has 0 radical (unpaired) electrons. The van der Waals surface area contributed by atoms with Crippen molar-refractivity contribution in [2.24, 2.45) is 0 Å². The summed E-state index contributed by atoms with van der Waals surface area (Å²) in [7, 11) is -3.82. The molecule has 106 valence electrons. The molecule has 3 N–H and O–H groups in total. The predicted molar refractivity (Wildman–Crippen MR) is 73.0 cm³/mol. The number of aromatic carboxylic acids is 1. The molecule has 0 amide bonds. The van der Waals surface area contributed by atoms with Crippen molar-refractivity contribution >= 4 is 43.3 Å². The average Bonchev–Trinajstić information content (AvgIpc) is 2.67. The van der Waals surface area contributed by atoms with Gasteiger partial charge < -0.3 is 10.2 Å². The molecule has 1 heterocycles. The predicted octanol–water partition coefficient (Wildman–Crippen LogP) is 1.40. The minimum Gasteiger partial charge on any atom is -0.477 e. The zero-order valence-electron chi connectivity index (χ0n) is 9.72. The van der Waals surface area contributed by atoms with Gasteiger partial charge in [0.25, 0.3) is 0 Å². The highest BCUT2D eigenvalue weighted by Crippen LogP contribution is 2.33. The molecule has 0 bridgehead atoms. The number of hydrogen-bond acceptors (Lipinski definition) is 5. The Balaban J connectivity index is 2.17. The van der Waals surface area contributed by atoms with Gasteiger partial charge in [-0.2, -0.15) is 0 Å². The molecule has 1 aliphatic rings. The van der Waals surface area contributed by atoms with Gasteiger partial charge in [0.1, 0.15) is 9.77 Å². The summed E-state index contributed by atoms with van der Waals surface area (Å²) in [5.74, 6) is -1.18. The highest BCUT2D eigenvalue weighted by Gasteiger charge is 2.36. The lowest BCUT2D eigenvalue weighted by Crippen LogP contribution is -2.47. The molecule has 0 aromatic carbocycles. The van der Waals surface area contributed by atoms with Crippen LogP contribution in [0.25, 0.3) is 0 Å². The molecule has 0 spiro atoms. The lowest BCUT2D eigenvalue weighted by Gasteiger charge is -2.36. The molecule has 0 saturated heterocycles. The molecule has 1 saturated carbocycles. The number of thiophene rings is 1. The average molecular weight is 370 g/mol. The minimum atomic E-state index is -3.82. The number of hydrogen-bond donors (Lipinski definition) is 3. The number of carboxylic acid groups (broad SMARTS) is 1. The van der Waals surface area contributed by atoms with E-state index in [2.05, 4.69) is 20.7 Å². The maximum absolute atomic E-state index is 12.0. The van der Waals surface area contributed by atoms with Crippen molar-refractivity contribution in [3.8, 4) is 0 Å². The number of sulfonamides is 1. The van der Waals surface area contributed by atoms with E-state index in [4.69, 9.17) is 5.11 Å². The maximum Gasteiger partial charge on any atom is 0.345 e. The first kappa shape index (κ1) is 14.9. The van der Waals surface area contributed by atoms with Gasteiger partial charge in [-0.05, 0) is 41.3 Å². The van der Waals surface area contributed by atoms with Crippen LogP contribution in [-0.4, -0.2) is 36.7 Å². The highest BCUT2D eigenvalue weighted by atomic mass is 79.9. The van der Waals surface area contributed by atoms with Gasteiger partial charge in [0, 0.05) is 6.54 Å². The molecule has 0 atom stereocenters. The van der Waals surface area contributed by atoms with Crippen molar-refractivity contribution < 1.29 is 23.4 Å². The molecule has 2 rings (SSSR count). The molecular weight excluding hydrogens is 358 g/mol. The van der Waals surface area contributed by atoms with E-state index in [1.807, 2.05) is 0 Å². The Morgan fingerprint density at radius 3 is 2.58 bits per heavy atom. The van der Waals surface area contributed by atoms with Crippen molar-refractivity contribution in [3.05, 3.63) is 14.7 Å². The third-order valence-corrected chi connectivity index (χ3v) is 6.67. The second kappa shape index (κ2) is 5.13.